The van der Waals surface area contributed by atoms with Crippen molar-refractivity contribution in [1.82, 2.24) is 65.1 Å². The van der Waals surface area contributed by atoms with Gasteiger partial charge in [-0.15, -0.1) is 0 Å². The standard InChI is InChI=1S/C66H114F3N13O12/c1-25-45-61(90)75(18)44(17)60(89)76(19)47(31-36(4)5)57(86)74-51(39(10)11)64(93)77(20)46(30-35(2)3)56(85)71-42(15)55(84)72-43(16)59(88)78(21)48(32-37(6)7)62(91)79(22)49(33-38(8)9)63(92)80(23)52(40(12)13)65(94)81(24)53(58(87)73-45)54(83)41(14)34-50-70-27-29-82(50)28-26-66(67,68)69/h27,29,35-49,51-54,83H,25-26,28,30-34H2,1-24H3,(H,71,85)(H,72,84)(H,73,87)(H,74,86)/t41-,42+,43-,44-,45+,46+,47+,48+,49+,51+,52+,53-,54-/m1/s1. The van der Waals surface area contributed by atoms with Crippen molar-refractivity contribution in [2.45, 2.75) is 248 Å². The van der Waals surface area contributed by atoms with Crippen LogP contribution in [0.5, 0.6) is 0 Å². The van der Waals surface area contributed by atoms with Gasteiger partial charge in [0.2, 0.25) is 65.0 Å². The molecule has 25 nitrogen and oxygen atoms in total. The molecular weight excluding hydrogens is 1220 g/mol. The van der Waals surface area contributed by atoms with Crippen molar-refractivity contribution in [2.75, 3.05) is 49.3 Å². The first kappa shape index (κ1) is 83.2. The van der Waals surface area contributed by atoms with Crippen LogP contribution in [0.15, 0.2) is 12.4 Å². The van der Waals surface area contributed by atoms with Crippen LogP contribution in [0.25, 0.3) is 0 Å². The summed E-state index contributed by atoms with van der Waals surface area (Å²) in [5, 5.41) is 23.3. The van der Waals surface area contributed by atoms with Crippen LogP contribution in [0.4, 0.5) is 13.2 Å². The van der Waals surface area contributed by atoms with E-state index in [9.17, 15) is 51.8 Å². The van der Waals surface area contributed by atoms with E-state index in [-0.39, 0.29) is 68.0 Å². The minimum atomic E-state index is -4.51. The fraction of sp³-hybridized carbons (Fsp3) is 0.788. The molecule has 0 aromatic carbocycles. The third kappa shape index (κ3) is 22.6. The highest BCUT2D eigenvalue weighted by molar-refractivity contribution is 6.00. The second kappa shape index (κ2) is 36.3. The lowest BCUT2D eigenvalue weighted by molar-refractivity contribution is -0.157. The summed E-state index contributed by atoms with van der Waals surface area (Å²) in [6, 6.07) is -14.6. The first-order chi connectivity index (χ1) is 43.2. The van der Waals surface area contributed by atoms with Gasteiger partial charge in [0.05, 0.1) is 12.5 Å². The maximum Gasteiger partial charge on any atom is 0.390 e. The maximum absolute atomic E-state index is 15.4. The highest BCUT2D eigenvalue weighted by Crippen LogP contribution is 2.27. The number of hydrogen-bond acceptors (Lipinski definition) is 13. The Morgan fingerprint density at radius 3 is 1.36 bits per heavy atom. The lowest BCUT2D eigenvalue weighted by Gasteiger charge is -2.41. The Labute approximate surface area is 556 Å². The molecule has 0 spiro atoms. The number of nitrogens with one attached hydrogen (secondary N) is 4. The van der Waals surface area contributed by atoms with Crippen molar-refractivity contribution in [2.24, 2.45) is 41.4 Å². The summed E-state index contributed by atoms with van der Waals surface area (Å²) in [4.78, 5) is 175. The molecular formula is C66H114F3N13O12. The van der Waals surface area contributed by atoms with Gasteiger partial charge >= 0.3 is 6.18 Å². The lowest BCUT2D eigenvalue weighted by atomic mass is 9.91. The van der Waals surface area contributed by atoms with Gasteiger partial charge in [-0.2, -0.15) is 13.2 Å². The van der Waals surface area contributed by atoms with Crippen molar-refractivity contribution in [1.29, 1.82) is 0 Å². The Balaban J connectivity index is 3.06. The molecule has 536 valence electrons. The molecule has 0 radical (unpaired) electrons. The molecule has 1 aliphatic heterocycles. The highest BCUT2D eigenvalue weighted by Gasteiger charge is 2.46. The Morgan fingerprint density at radius 2 is 0.904 bits per heavy atom. The average Bonchev–Trinajstić information content (AvgIpc) is 0.868. The van der Waals surface area contributed by atoms with Crippen molar-refractivity contribution in [3.8, 4) is 0 Å². The molecule has 0 bridgehead atoms. The third-order valence-corrected chi connectivity index (χ3v) is 17.8. The minimum Gasteiger partial charge on any atom is -0.390 e. The van der Waals surface area contributed by atoms with Crippen LogP contribution in [0.1, 0.15) is 162 Å². The fourth-order valence-corrected chi connectivity index (χ4v) is 11.8. The first-order valence-corrected chi connectivity index (χ1v) is 33.1. The fourth-order valence-electron chi connectivity index (χ4n) is 11.8. The number of imidazole rings is 1. The van der Waals surface area contributed by atoms with Crippen molar-refractivity contribution >= 4 is 65.0 Å². The van der Waals surface area contributed by atoms with E-state index in [1.54, 1.807) is 34.6 Å². The van der Waals surface area contributed by atoms with Crippen molar-refractivity contribution < 1.29 is 71.0 Å². The van der Waals surface area contributed by atoms with Crippen LogP contribution < -0.4 is 21.3 Å². The Hall–Kier alpha value is -6.87. The molecule has 1 aromatic heterocycles. The summed E-state index contributed by atoms with van der Waals surface area (Å²) in [7, 11) is 9.53. The van der Waals surface area contributed by atoms with Crippen LogP contribution in [0, 0.1) is 41.4 Å². The van der Waals surface area contributed by atoms with E-state index >= 15 is 19.2 Å². The number of aliphatic hydroxyl groups excluding tert-OH is 1. The number of nitrogens with zero attached hydrogens (tertiary/aromatic N) is 9. The number of carbonyl (C=O) groups is 11. The second-order valence-electron chi connectivity index (χ2n) is 28.3. The number of aromatic nitrogens is 2. The van der Waals surface area contributed by atoms with Gasteiger partial charge in [-0.05, 0) is 94.3 Å². The van der Waals surface area contributed by atoms with E-state index in [0.717, 1.165) is 9.80 Å². The monoisotopic (exact) mass is 1340 g/mol. The van der Waals surface area contributed by atoms with Gasteiger partial charge in [0.1, 0.15) is 72.3 Å². The zero-order valence-corrected chi connectivity index (χ0v) is 60.4. The van der Waals surface area contributed by atoms with Gasteiger partial charge in [-0.3, -0.25) is 52.7 Å². The van der Waals surface area contributed by atoms with Crippen molar-refractivity contribution in [3.63, 3.8) is 0 Å². The second-order valence-corrected chi connectivity index (χ2v) is 28.3. The number of carbonyl (C=O) groups excluding carboxylic acids is 11. The van der Waals surface area contributed by atoms with Crippen molar-refractivity contribution in [3.05, 3.63) is 18.2 Å². The van der Waals surface area contributed by atoms with Crippen LogP contribution >= 0.6 is 0 Å². The molecule has 13 atom stereocenters. The highest BCUT2D eigenvalue weighted by atomic mass is 19.4. The molecule has 2 heterocycles. The number of halogens is 3. The van der Waals surface area contributed by atoms with E-state index in [0.29, 0.717) is 0 Å². The summed E-state index contributed by atoms with van der Waals surface area (Å²) in [5.41, 5.74) is 0. The number of alkyl halides is 3. The van der Waals surface area contributed by atoms with Crippen LogP contribution in [-0.4, -0.2) is 242 Å². The number of aryl methyl sites for hydroxylation is 1. The molecule has 1 fully saturated rings. The van der Waals surface area contributed by atoms with E-state index in [1.165, 1.54) is 118 Å². The van der Waals surface area contributed by atoms with Gasteiger partial charge in [0, 0.05) is 74.7 Å². The molecule has 1 aliphatic rings. The van der Waals surface area contributed by atoms with E-state index in [4.69, 9.17) is 0 Å². The summed E-state index contributed by atoms with van der Waals surface area (Å²) in [6.07, 6.45) is -4.79. The Morgan fingerprint density at radius 1 is 0.479 bits per heavy atom. The maximum atomic E-state index is 15.4. The van der Waals surface area contributed by atoms with E-state index < -0.39 is 174 Å². The quantitative estimate of drug-likeness (QED) is 0.147. The topological polar surface area (TPSA) is 297 Å². The van der Waals surface area contributed by atoms with Crippen LogP contribution in [0.3, 0.4) is 0 Å². The molecule has 0 saturated carbocycles. The molecule has 0 aliphatic carbocycles. The van der Waals surface area contributed by atoms with Gasteiger partial charge in [-0.25, -0.2) is 4.98 Å². The Kier molecular flexibility index (Phi) is 32.1. The predicted molar refractivity (Wildman–Crippen MR) is 350 cm³/mol. The average molecular weight is 1340 g/mol. The molecule has 2 rings (SSSR count). The molecule has 0 unspecified atom stereocenters. The van der Waals surface area contributed by atoms with Gasteiger partial charge in [0.15, 0.2) is 0 Å². The Bertz CT molecular complexity index is 2760. The first-order valence-electron chi connectivity index (χ1n) is 33.1. The molecule has 1 saturated heterocycles. The smallest absolute Gasteiger partial charge is 0.390 e. The van der Waals surface area contributed by atoms with Gasteiger partial charge in [0.25, 0.3) is 0 Å². The summed E-state index contributed by atoms with van der Waals surface area (Å²) >= 11 is 0. The van der Waals surface area contributed by atoms with Crippen LogP contribution in [-0.2, 0) is 65.7 Å². The molecule has 5 N–H and O–H groups in total. The number of hydrogen-bond donors (Lipinski definition) is 5. The molecule has 94 heavy (non-hydrogen) atoms. The minimum absolute atomic E-state index is 0.0670. The van der Waals surface area contributed by atoms with Gasteiger partial charge in [-0.1, -0.05) is 96.9 Å². The number of likely N-dealkylation sites (N-methyl/N-ethyl adjacent to an activating group) is 7. The predicted octanol–water partition coefficient (Wildman–Crippen LogP) is 4.08. The van der Waals surface area contributed by atoms with Gasteiger partial charge < -0.3 is 65.2 Å². The molecule has 1 aromatic rings. The molecule has 28 heteroatoms. The van der Waals surface area contributed by atoms with E-state index in [1.807, 2.05) is 55.4 Å². The third-order valence-electron chi connectivity index (χ3n) is 17.8. The lowest BCUT2D eigenvalue weighted by Crippen LogP contribution is -2.64. The zero-order chi connectivity index (χ0) is 72.6. The summed E-state index contributed by atoms with van der Waals surface area (Å²) in [6.45, 7) is 28.2. The summed E-state index contributed by atoms with van der Waals surface area (Å²) in [5.74, 6) is -11.2. The van der Waals surface area contributed by atoms with E-state index in [2.05, 4.69) is 26.3 Å². The normalized spacial score (nSPS) is 26.4. The zero-order valence-electron chi connectivity index (χ0n) is 60.4. The summed E-state index contributed by atoms with van der Waals surface area (Å²) < 4.78 is 41.6. The number of amides is 11. The molecule has 11 amide bonds. The largest absolute Gasteiger partial charge is 0.390 e. The number of aliphatic hydroxyl groups is 1. The number of rotatable bonds is 17. The van der Waals surface area contributed by atoms with Crippen LogP contribution in [0.2, 0.25) is 0 Å². The SMILES string of the molecule is CC[C@@H]1NC(=O)[C@@H]([C@H](O)[C@H](C)Cc2nccn2CCC(F)(F)F)N(C)C(=O)[C@H](C(C)C)N(C)C(=O)[C@H](CC(C)C)N(C)C(=O)[C@H](CC(C)C)N(C)C(=O)[C@@H](C)NC(=O)[C@H](C)NC(=O)[C@H](CC(C)C)N(C)C(=O)[C@H](C(C)C)NC(=O)[C@H](CC(C)C)N(C)C(=O)[C@@H](C)N(C)C1=O.